The Balaban J connectivity index is 1.56. The van der Waals surface area contributed by atoms with E-state index in [4.69, 9.17) is 4.84 Å². The predicted octanol–water partition coefficient (Wildman–Crippen LogP) is 2.36. The Hall–Kier alpha value is -2.89. The van der Waals surface area contributed by atoms with Gasteiger partial charge in [-0.1, -0.05) is 18.2 Å². The second-order valence-electron chi connectivity index (χ2n) is 5.02. The van der Waals surface area contributed by atoms with Gasteiger partial charge in [0.05, 0.1) is 0 Å². The molecule has 0 spiro atoms. The Kier molecular flexibility index (Phi) is 3.74. The maximum Gasteiger partial charge on any atom is 0.333 e. The van der Waals surface area contributed by atoms with Crippen LogP contribution in [0.4, 0.5) is 0 Å². The van der Waals surface area contributed by atoms with Crippen molar-refractivity contribution in [1.82, 2.24) is 9.71 Å². The minimum Gasteiger partial charge on any atom is -0.492 e. The molecule has 0 unspecified atom stereocenters. The van der Waals surface area contributed by atoms with Crippen LogP contribution in [0.2, 0.25) is 0 Å². The van der Waals surface area contributed by atoms with Crippen LogP contribution in [0.1, 0.15) is 18.4 Å². The number of aromatic nitrogens is 2. The van der Waals surface area contributed by atoms with Crippen LogP contribution >= 0.6 is 0 Å². The zero-order valence-electron chi connectivity index (χ0n) is 11.8. The van der Waals surface area contributed by atoms with Gasteiger partial charge in [-0.15, -0.1) is 4.73 Å². The van der Waals surface area contributed by atoms with Crippen LogP contribution in [0.5, 0.6) is 11.8 Å². The number of hydrogen-bond acceptors (Lipinski definition) is 4. The van der Waals surface area contributed by atoms with E-state index in [2.05, 4.69) is 4.98 Å². The zero-order chi connectivity index (χ0) is 15.5. The van der Waals surface area contributed by atoms with E-state index in [9.17, 15) is 15.0 Å². The molecule has 0 saturated carbocycles. The molecule has 3 N–H and O–H groups in total. The van der Waals surface area contributed by atoms with Crippen molar-refractivity contribution in [3.8, 4) is 11.8 Å². The largest absolute Gasteiger partial charge is 0.492 e. The van der Waals surface area contributed by atoms with Crippen molar-refractivity contribution in [2.45, 2.75) is 19.3 Å². The molecule has 0 saturated heterocycles. The Bertz CT molecular complexity index is 784. The molecule has 114 valence electrons. The van der Waals surface area contributed by atoms with E-state index in [1.54, 1.807) is 0 Å². The number of nitrogens with zero attached hydrogens (tertiary/aromatic N) is 1. The van der Waals surface area contributed by atoms with E-state index >= 15 is 0 Å². The molecule has 0 atom stereocenters. The Morgan fingerprint density at radius 1 is 1.14 bits per heavy atom. The molecule has 6 heteroatoms. The second-order valence-corrected chi connectivity index (χ2v) is 5.02. The first-order valence-electron chi connectivity index (χ1n) is 7.01. The molecule has 0 bridgehead atoms. The lowest BCUT2D eigenvalue weighted by molar-refractivity contribution is -0.145. The van der Waals surface area contributed by atoms with Crippen LogP contribution in [-0.2, 0) is 11.2 Å². The number of rotatable bonds is 5. The van der Waals surface area contributed by atoms with Gasteiger partial charge >= 0.3 is 5.97 Å². The van der Waals surface area contributed by atoms with Crippen molar-refractivity contribution in [1.29, 1.82) is 0 Å². The van der Waals surface area contributed by atoms with Crippen molar-refractivity contribution in [2.75, 3.05) is 0 Å². The molecule has 0 aliphatic rings. The summed E-state index contributed by atoms with van der Waals surface area (Å²) >= 11 is 0. The molecule has 22 heavy (non-hydrogen) atoms. The van der Waals surface area contributed by atoms with E-state index in [0.29, 0.717) is 11.2 Å². The maximum atomic E-state index is 11.7. The highest BCUT2D eigenvalue weighted by Gasteiger charge is 2.12. The van der Waals surface area contributed by atoms with Gasteiger partial charge in [-0.05, 0) is 24.5 Å². The normalized spacial score (nSPS) is 10.9. The summed E-state index contributed by atoms with van der Waals surface area (Å²) < 4.78 is 0.702. The summed E-state index contributed by atoms with van der Waals surface area (Å²) in [5.74, 6) is -1.15. The number of aromatic amines is 1. The van der Waals surface area contributed by atoms with Gasteiger partial charge in [0.25, 0.3) is 0 Å². The van der Waals surface area contributed by atoms with E-state index < -0.39 is 5.97 Å². The SMILES string of the molecule is O=C(CCCc1c[nH]c2ccccc12)On1c(O)ccc1O. The zero-order valence-corrected chi connectivity index (χ0v) is 11.8. The lowest BCUT2D eigenvalue weighted by Gasteiger charge is -2.06. The summed E-state index contributed by atoms with van der Waals surface area (Å²) in [6.07, 6.45) is 3.49. The second kappa shape index (κ2) is 5.85. The highest BCUT2D eigenvalue weighted by atomic mass is 16.7. The number of aromatic hydroxyl groups is 2. The van der Waals surface area contributed by atoms with Gasteiger partial charge in [0.15, 0.2) is 0 Å². The topological polar surface area (TPSA) is 87.5 Å². The minimum absolute atomic E-state index is 0.191. The summed E-state index contributed by atoms with van der Waals surface area (Å²) in [6.45, 7) is 0. The molecule has 3 aromatic rings. The van der Waals surface area contributed by atoms with E-state index in [-0.39, 0.29) is 18.2 Å². The van der Waals surface area contributed by atoms with Crippen LogP contribution in [0.15, 0.2) is 42.6 Å². The van der Waals surface area contributed by atoms with Crippen molar-refractivity contribution in [2.24, 2.45) is 0 Å². The lowest BCUT2D eigenvalue weighted by atomic mass is 10.1. The molecule has 2 heterocycles. The standard InChI is InChI=1S/C16H16N2O4/c19-14-8-9-15(20)18(14)22-16(21)7-3-4-11-10-17-13-6-2-1-5-12(11)13/h1-2,5-6,8-10,17,19-20H,3-4,7H2. The number of fused-ring (bicyclic) bond motifs is 1. The number of aryl methyl sites for hydroxylation is 1. The average Bonchev–Trinajstić information content (AvgIpc) is 3.06. The number of benzene rings is 1. The van der Waals surface area contributed by atoms with Crippen LogP contribution in [0, 0.1) is 0 Å². The van der Waals surface area contributed by atoms with Gasteiger partial charge in [-0.25, -0.2) is 4.79 Å². The first-order valence-corrected chi connectivity index (χ1v) is 7.01. The predicted molar refractivity (Wildman–Crippen MR) is 80.6 cm³/mol. The summed E-state index contributed by atoms with van der Waals surface area (Å²) in [7, 11) is 0. The number of H-pyrrole nitrogens is 1. The van der Waals surface area contributed by atoms with Gasteiger partial charge in [-0.3, -0.25) is 0 Å². The third-order valence-electron chi connectivity index (χ3n) is 3.49. The molecule has 0 aliphatic carbocycles. The molecule has 1 aromatic carbocycles. The maximum absolute atomic E-state index is 11.7. The highest BCUT2D eigenvalue weighted by molar-refractivity contribution is 5.83. The number of hydrogen-bond donors (Lipinski definition) is 3. The van der Waals surface area contributed by atoms with Crippen LogP contribution in [0.3, 0.4) is 0 Å². The first kappa shape index (κ1) is 14.1. The van der Waals surface area contributed by atoms with Crippen molar-refractivity contribution in [3.63, 3.8) is 0 Å². The van der Waals surface area contributed by atoms with E-state index in [1.807, 2.05) is 30.5 Å². The molecular formula is C16H16N2O4. The molecule has 0 amide bonds. The van der Waals surface area contributed by atoms with Crippen LogP contribution < -0.4 is 4.84 Å². The third kappa shape index (κ3) is 2.76. The first-order chi connectivity index (χ1) is 10.6. The fourth-order valence-electron chi connectivity index (χ4n) is 2.40. The smallest absolute Gasteiger partial charge is 0.333 e. The summed E-state index contributed by atoms with van der Waals surface area (Å²) in [6, 6.07) is 10.5. The van der Waals surface area contributed by atoms with E-state index in [0.717, 1.165) is 22.9 Å². The van der Waals surface area contributed by atoms with E-state index in [1.165, 1.54) is 12.1 Å². The molecule has 6 nitrogen and oxygen atoms in total. The van der Waals surface area contributed by atoms with Crippen LogP contribution in [-0.4, -0.2) is 25.9 Å². The number of nitrogens with one attached hydrogen (secondary N) is 1. The third-order valence-corrected chi connectivity index (χ3v) is 3.49. The minimum atomic E-state index is -0.512. The molecule has 0 aliphatic heterocycles. The summed E-state index contributed by atoms with van der Waals surface area (Å²) in [4.78, 5) is 19.8. The summed E-state index contributed by atoms with van der Waals surface area (Å²) in [5, 5.41) is 19.9. The van der Waals surface area contributed by atoms with Crippen molar-refractivity contribution >= 4 is 16.9 Å². The molecule has 0 radical (unpaired) electrons. The van der Waals surface area contributed by atoms with Gasteiger partial charge < -0.3 is 20.0 Å². The number of para-hydroxylation sites is 1. The molecule has 2 aromatic heterocycles. The number of carbonyl (C=O) groups is 1. The molecule has 3 rings (SSSR count). The monoisotopic (exact) mass is 300 g/mol. The Labute approximate surface area is 126 Å². The van der Waals surface area contributed by atoms with Crippen molar-refractivity contribution < 1.29 is 19.8 Å². The Morgan fingerprint density at radius 3 is 2.64 bits per heavy atom. The van der Waals surface area contributed by atoms with Gasteiger partial charge in [0.2, 0.25) is 11.8 Å². The highest BCUT2D eigenvalue weighted by Crippen LogP contribution is 2.20. The fourth-order valence-corrected chi connectivity index (χ4v) is 2.40. The number of carbonyl (C=O) groups excluding carboxylic acids is 1. The van der Waals surface area contributed by atoms with Crippen LogP contribution in [0.25, 0.3) is 10.9 Å². The van der Waals surface area contributed by atoms with Crippen molar-refractivity contribution in [3.05, 3.63) is 48.2 Å². The lowest BCUT2D eigenvalue weighted by Crippen LogP contribution is -2.18. The molecular weight excluding hydrogens is 284 g/mol. The van der Waals surface area contributed by atoms with Gasteiger partial charge in [0.1, 0.15) is 0 Å². The fraction of sp³-hybridized carbons (Fsp3) is 0.188. The summed E-state index contributed by atoms with van der Waals surface area (Å²) in [5.41, 5.74) is 2.22. The van der Waals surface area contributed by atoms with Gasteiger partial charge in [0, 0.05) is 35.7 Å². The Morgan fingerprint density at radius 2 is 1.86 bits per heavy atom. The van der Waals surface area contributed by atoms with Gasteiger partial charge in [-0.2, -0.15) is 0 Å². The quantitative estimate of drug-likeness (QED) is 0.675. The molecule has 0 fully saturated rings. The average molecular weight is 300 g/mol.